The quantitative estimate of drug-likeness (QED) is 0.692. The number of hydrogen-bond acceptors (Lipinski definition) is 3. The van der Waals surface area contributed by atoms with Crippen molar-refractivity contribution in [3.63, 3.8) is 0 Å². The zero-order chi connectivity index (χ0) is 10.7. The van der Waals surface area contributed by atoms with Gasteiger partial charge in [0.05, 0.1) is 11.6 Å². The van der Waals surface area contributed by atoms with Gasteiger partial charge in [0, 0.05) is 0 Å². The molecule has 14 heavy (non-hydrogen) atoms. The second-order valence-electron chi connectivity index (χ2n) is 2.89. The van der Waals surface area contributed by atoms with Crippen LogP contribution in [0.15, 0.2) is 18.2 Å². The van der Waals surface area contributed by atoms with Crippen LogP contribution in [0.2, 0.25) is 0 Å². The molecule has 2 aliphatic rings. The molecule has 0 aromatic rings. The number of carboxylic acid groups (broad SMARTS) is 1. The molecule has 0 bridgehead atoms. The van der Waals surface area contributed by atoms with Crippen LogP contribution in [0, 0.1) is 21.8 Å². The molecule has 0 saturated carbocycles. The van der Waals surface area contributed by atoms with E-state index in [1.54, 1.807) is 0 Å². The lowest BCUT2D eigenvalue weighted by molar-refractivity contribution is -0.145. The van der Waals surface area contributed by atoms with E-state index in [2.05, 4.69) is 6.07 Å². The lowest BCUT2D eigenvalue weighted by atomic mass is 10.0. The van der Waals surface area contributed by atoms with Crippen LogP contribution < -0.4 is 0 Å². The molecule has 1 unspecified atom stereocenters. The third-order valence-electron chi connectivity index (χ3n) is 1.81. The molecule has 0 amide bonds. The van der Waals surface area contributed by atoms with Gasteiger partial charge in [0.1, 0.15) is 6.10 Å². The van der Waals surface area contributed by atoms with Crippen LogP contribution in [0.4, 0.5) is 0 Å². The Morgan fingerprint density at radius 1 is 1.57 bits per heavy atom. The first-order valence-corrected chi connectivity index (χ1v) is 4.01. The summed E-state index contributed by atoms with van der Waals surface area (Å²) < 4.78 is 0. The number of aliphatic carboxylic acids is 1. The molecule has 0 spiro atoms. The number of nitrogens with zero attached hydrogens (tertiary/aromatic N) is 1. The van der Waals surface area contributed by atoms with Gasteiger partial charge in [0.15, 0.2) is 0 Å². The van der Waals surface area contributed by atoms with E-state index < -0.39 is 12.1 Å². The van der Waals surface area contributed by atoms with E-state index >= 15 is 0 Å². The predicted molar refractivity (Wildman–Crippen MR) is 48.1 cm³/mol. The highest BCUT2D eigenvalue weighted by molar-refractivity contribution is 5.71. The maximum Gasteiger partial charge on any atom is 0.332 e. The van der Waals surface area contributed by atoms with Gasteiger partial charge >= 0.3 is 5.97 Å². The van der Waals surface area contributed by atoms with E-state index in [1.165, 1.54) is 12.1 Å². The van der Waals surface area contributed by atoms with Crippen molar-refractivity contribution in [2.75, 3.05) is 0 Å². The molecule has 4 heteroatoms. The van der Waals surface area contributed by atoms with E-state index in [9.17, 15) is 4.79 Å². The van der Waals surface area contributed by atoms with Crippen LogP contribution >= 0.6 is 0 Å². The van der Waals surface area contributed by atoms with Crippen LogP contribution in [0.5, 0.6) is 0 Å². The molecule has 2 aliphatic carbocycles. The summed E-state index contributed by atoms with van der Waals surface area (Å²) in [5, 5.41) is 26.5. The summed E-state index contributed by atoms with van der Waals surface area (Å²) in [4.78, 5) is 9.45. The number of carbonyl (C=O) groups is 1. The normalized spacial score (nSPS) is 11.8. The van der Waals surface area contributed by atoms with E-state index in [-0.39, 0.29) is 0 Å². The standard InChI is InChI=1S/C7H3N.C3H6O3/c8-4-6-3-5-1-2-7(5)6;1-2(4)3(5)6/h1-3H;2,4H,1H3,(H,5,6). The minimum atomic E-state index is -1.23. The predicted octanol–water partition coefficient (Wildman–Crippen LogP) is 0.610. The first-order chi connectivity index (χ1) is 6.56. The summed E-state index contributed by atoms with van der Waals surface area (Å²) >= 11 is 0. The maximum atomic E-state index is 9.45. The van der Waals surface area contributed by atoms with E-state index in [0.717, 1.165) is 10.8 Å². The Balaban J connectivity index is 0.000000149. The summed E-state index contributed by atoms with van der Waals surface area (Å²) in [5.74, 6) is -1.19. The molecule has 1 atom stereocenters. The lowest BCUT2D eigenvalue weighted by Gasteiger charge is -2.01. The van der Waals surface area contributed by atoms with E-state index in [4.69, 9.17) is 15.5 Å². The van der Waals surface area contributed by atoms with Crippen LogP contribution in [0.3, 0.4) is 0 Å². The minimum Gasteiger partial charge on any atom is -0.479 e. The minimum absolute atomic E-state index is 0.836. The molecule has 2 rings (SSSR count). The van der Waals surface area contributed by atoms with Gasteiger partial charge in [-0.25, -0.2) is 4.79 Å². The SMILES string of the molecule is CC(O)C(=O)O.N#Cc1cc2ccc1=2. The number of carboxylic acids is 1. The van der Waals surface area contributed by atoms with Crippen molar-refractivity contribution < 1.29 is 15.0 Å². The van der Waals surface area contributed by atoms with Gasteiger partial charge < -0.3 is 10.2 Å². The number of aliphatic hydroxyl groups excluding tert-OH is 1. The Hall–Kier alpha value is -1.86. The van der Waals surface area contributed by atoms with Gasteiger partial charge in [0.2, 0.25) is 0 Å². The summed E-state index contributed by atoms with van der Waals surface area (Å²) in [7, 11) is 0. The number of nitriles is 1. The molecule has 0 aliphatic heterocycles. The van der Waals surface area contributed by atoms with Gasteiger partial charge in [-0.1, -0.05) is 12.1 Å². The average Bonchev–Trinajstić information content (AvgIpc) is 2.10. The van der Waals surface area contributed by atoms with E-state index in [1.807, 2.05) is 18.2 Å². The molecule has 72 valence electrons. The first-order valence-electron chi connectivity index (χ1n) is 4.01. The Kier molecular flexibility index (Phi) is 2.85. The highest BCUT2D eigenvalue weighted by Gasteiger charge is 2.02. The van der Waals surface area contributed by atoms with Crippen LogP contribution in [-0.4, -0.2) is 22.3 Å². The van der Waals surface area contributed by atoms with Crippen molar-refractivity contribution in [3.05, 3.63) is 34.2 Å². The van der Waals surface area contributed by atoms with Crippen LogP contribution in [-0.2, 0) is 4.79 Å². The van der Waals surface area contributed by atoms with Gasteiger partial charge in [0.25, 0.3) is 0 Å². The van der Waals surface area contributed by atoms with Gasteiger partial charge in [-0.3, -0.25) is 0 Å². The number of benzene rings is 1. The highest BCUT2D eigenvalue weighted by Crippen LogP contribution is 2.13. The van der Waals surface area contributed by atoms with Crippen LogP contribution in [0.25, 0.3) is 0 Å². The average molecular weight is 191 g/mol. The summed E-state index contributed by atoms with van der Waals surface area (Å²) in [6, 6.07) is 7.96. The molecule has 2 N–H and O–H groups in total. The molecule has 4 nitrogen and oxygen atoms in total. The number of aliphatic hydroxyl groups is 1. The fourth-order valence-electron chi connectivity index (χ4n) is 0.882. The van der Waals surface area contributed by atoms with Gasteiger partial charge in [-0.05, 0) is 23.4 Å². The van der Waals surface area contributed by atoms with Crippen molar-refractivity contribution in [3.8, 4) is 6.07 Å². The highest BCUT2D eigenvalue weighted by atomic mass is 16.4. The molecule has 0 radical (unpaired) electrons. The Morgan fingerprint density at radius 2 is 2.14 bits per heavy atom. The van der Waals surface area contributed by atoms with Crippen molar-refractivity contribution >= 4 is 5.97 Å². The number of hydrogen-bond donors (Lipinski definition) is 2. The summed E-state index contributed by atoms with van der Waals surface area (Å²) in [5.41, 5.74) is 0.836. The Bertz CT molecular complexity index is 485. The van der Waals surface area contributed by atoms with Crippen molar-refractivity contribution in [1.82, 2.24) is 0 Å². The third-order valence-corrected chi connectivity index (χ3v) is 1.81. The van der Waals surface area contributed by atoms with Crippen molar-refractivity contribution in [2.45, 2.75) is 13.0 Å². The molecule has 0 fully saturated rings. The first kappa shape index (κ1) is 10.2. The molecule has 0 aromatic heterocycles. The van der Waals surface area contributed by atoms with E-state index in [0.29, 0.717) is 0 Å². The monoisotopic (exact) mass is 191 g/mol. The second-order valence-corrected chi connectivity index (χ2v) is 2.89. The van der Waals surface area contributed by atoms with Gasteiger partial charge in [-0.2, -0.15) is 5.26 Å². The Labute approximate surface area is 80.3 Å². The second kappa shape index (κ2) is 3.90. The summed E-state index contributed by atoms with van der Waals surface area (Å²) in [6.45, 7) is 1.20. The molecule has 0 aromatic carbocycles. The molecule has 0 heterocycles. The smallest absolute Gasteiger partial charge is 0.332 e. The van der Waals surface area contributed by atoms with Gasteiger partial charge in [-0.15, -0.1) is 0 Å². The Morgan fingerprint density at radius 3 is 2.21 bits per heavy atom. The maximum absolute atomic E-state index is 9.45. The van der Waals surface area contributed by atoms with Crippen LogP contribution in [0.1, 0.15) is 12.5 Å². The van der Waals surface area contributed by atoms with Crippen molar-refractivity contribution in [2.24, 2.45) is 0 Å². The zero-order valence-corrected chi connectivity index (χ0v) is 7.56. The number of rotatable bonds is 1. The van der Waals surface area contributed by atoms with Crippen molar-refractivity contribution in [1.29, 1.82) is 5.26 Å². The molecular weight excluding hydrogens is 182 g/mol. The zero-order valence-electron chi connectivity index (χ0n) is 7.56. The topological polar surface area (TPSA) is 81.3 Å². The third kappa shape index (κ3) is 1.90. The fraction of sp³-hybridized carbons (Fsp3) is 0.200. The summed E-state index contributed by atoms with van der Waals surface area (Å²) in [6.07, 6.45) is -1.23. The molecular formula is C10H9NO3. The lowest BCUT2D eigenvalue weighted by Crippen LogP contribution is -2.13. The largest absolute Gasteiger partial charge is 0.479 e. The fourth-order valence-corrected chi connectivity index (χ4v) is 0.882. The molecule has 0 saturated heterocycles.